The standard InChI is InChI=1S/C20H14Cl2N6O/c21-15-2-1-3-16(22)19(15)28-11-17(18(27-28)20(23)29)26-14-6-4-12(5-7-14)13-8-9-24-25-10-13/h1-11,26H,(H2,23,29). The number of aromatic nitrogens is 4. The molecule has 0 aliphatic rings. The number of para-hydroxylation sites is 1. The number of rotatable bonds is 5. The number of nitrogens with two attached hydrogens (primary N) is 1. The Balaban J connectivity index is 1.67. The zero-order valence-corrected chi connectivity index (χ0v) is 16.4. The Bertz CT molecular complexity index is 1160. The van der Waals surface area contributed by atoms with Crippen molar-refractivity contribution in [3.63, 3.8) is 0 Å². The van der Waals surface area contributed by atoms with E-state index in [9.17, 15) is 4.79 Å². The lowest BCUT2D eigenvalue weighted by molar-refractivity contribution is 0.0996. The van der Waals surface area contributed by atoms with Crippen molar-refractivity contribution < 1.29 is 4.79 Å². The van der Waals surface area contributed by atoms with Crippen LogP contribution in [0.15, 0.2) is 67.1 Å². The SMILES string of the molecule is NC(=O)c1nn(-c2c(Cl)cccc2Cl)cc1Nc1ccc(-c2ccnnc2)cc1. The predicted molar refractivity (Wildman–Crippen MR) is 113 cm³/mol. The van der Waals surface area contributed by atoms with Crippen LogP contribution >= 0.6 is 23.2 Å². The molecule has 0 bridgehead atoms. The normalized spacial score (nSPS) is 10.7. The molecule has 0 aliphatic heterocycles. The van der Waals surface area contributed by atoms with E-state index >= 15 is 0 Å². The Morgan fingerprint density at radius 3 is 2.31 bits per heavy atom. The van der Waals surface area contributed by atoms with Crippen LogP contribution in [0.25, 0.3) is 16.8 Å². The molecule has 2 aromatic carbocycles. The van der Waals surface area contributed by atoms with Crippen LogP contribution in [0.4, 0.5) is 11.4 Å². The Labute approximate surface area is 176 Å². The summed E-state index contributed by atoms with van der Waals surface area (Å²) in [5, 5.41) is 15.9. The Kier molecular flexibility index (Phi) is 5.16. The first-order valence-electron chi connectivity index (χ1n) is 8.51. The van der Waals surface area contributed by atoms with E-state index in [1.54, 1.807) is 36.8 Å². The molecule has 0 unspecified atom stereocenters. The maximum absolute atomic E-state index is 11.9. The van der Waals surface area contributed by atoms with Gasteiger partial charge in [0.15, 0.2) is 5.69 Å². The predicted octanol–water partition coefficient (Wildman–Crippen LogP) is 4.48. The van der Waals surface area contributed by atoms with Crippen LogP contribution in [0.1, 0.15) is 10.5 Å². The van der Waals surface area contributed by atoms with Crippen LogP contribution in [-0.4, -0.2) is 25.9 Å². The minimum absolute atomic E-state index is 0.0726. The third kappa shape index (κ3) is 3.91. The average Bonchev–Trinajstić information content (AvgIpc) is 3.13. The first-order valence-corrected chi connectivity index (χ1v) is 9.26. The summed E-state index contributed by atoms with van der Waals surface area (Å²) in [4.78, 5) is 11.9. The summed E-state index contributed by atoms with van der Waals surface area (Å²) < 4.78 is 1.43. The van der Waals surface area contributed by atoms with Gasteiger partial charge in [0.2, 0.25) is 0 Å². The first-order chi connectivity index (χ1) is 14.0. The van der Waals surface area contributed by atoms with Gasteiger partial charge >= 0.3 is 0 Å². The lowest BCUT2D eigenvalue weighted by atomic mass is 10.1. The van der Waals surface area contributed by atoms with Gasteiger partial charge in [-0.3, -0.25) is 4.79 Å². The number of halogens is 2. The third-order valence-corrected chi connectivity index (χ3v) is 4.81. The molecule has 0 saturated heterocycles. The minimum Gasteiger partial charge on any atom is -0.364 e. The van der Waals surface area contributed by atoms with E-state index in [1.165, 1.54) is 4.68 Å². The number of amides is 1. The van der Waals surface area contributed by atoms with Gasteiger partial charge in [-0.2, -0.15) is 15.3 Å². The van der Waals surface area contributed by atoms with Crippen LogP contribution < -0.4 is 11.1 Å². The van der Waals surface area contributed by atoms with Gasteiger partial charge in [0, 0.05) is 11.3 Å². The number of carbonyl (C=O) groups excluding carboxylic acids is 1. The minimum atomic E-state index is -0.672. The highest BCUT2D eigenvalue weighted by atomic mass is 35.5. The summed E-state index contributed by atoms with van der Waals surface area (Å²) in [5.41, 5.74) is 9.16. The Hall–Kier alpha value is -3.42. The molecule has 2 heterocycles. The smallest absolute Gasteiger partial charge is 0.271 e. The van der Waals surface area contributed by atoms with Gasteiger partial charge in [-0.25, -0.2) is 4.68 Å². The van der Waals surface area contributed by atoms with E-state index in [0.29, 0.717) is 21.4 Å². The molecule has 4 aromatic rings. The highest BCUT2D eigenvalue weighted by molar-refractivity contribution is 6.37. The monoisotopic (exact) mass is 424 g/mol. The Morgan fingerprint density at radius 2 is 1.69 bits per heavy atom. The number of benzene rings is 2. The second kappa shape index (κ2) is 7.90. The maximum Gasteiger partial charge on any atom is 0.271 e. The van der Waals surface area contributed by atoms with E-state index in [0.717, 1.165) is 16.8 Å². The van der Waals surface area contributed by atoms with Crippen molar-refractivity contribution in [1.82, 2.24) is 20.0 Å². The quantitative estimate of drug-likeness (QED) is 0.491. The van der Waals surface area contributed by atoms with E-state index in [2.05, 4.69) is 20.6 Å². The van der Waals surface area contributed by atoms with Gasteiger partial charge in [-0.05, 0) is 35.9 Å². The Morgan fingerprint density at radius 1 is 0.966 bits per heavy atom. The van der Waals surface area contributed by atoms with Gasteiger partial charge in [-0.1, -0.05) is 41.4 Å². The number of nitrogens with one attached hydrogen (secondary N) is 1. The molecule has 2 aromatic heterocycles. The fraction of sp³-hybridized carbons (Fsp3) is 0. The second-order valence-corrected chi connectivity index (χ2v) is 6.92. The van der Waals surface area contributed by atoms with E-state index in [4.69, 9.17) is 28.9 Å². The average molecular weight is 425 g/mol. The van der Waals surface area contributed by atoms with Gasteiger partial charge in [0.05, 0.1) is 34.3 Å². The van der Waals surface area contributed by atoms with Crippen molar-refractivity contribution in [3.05, 3.63) is 82.9 Å². The molecule has 29 heavy (non-hydrogen) atoms. The van der Waals surface area contributed by atoms with Crippen molar-refractivity contribution >= 4 is 40.5 Å². The summed E-state index contributed by atoms with van der Waals surface area (Å²) in [5.74, 6) is -0.672. The van der Waals surface area contributed by atoms with Crippen molar-refractivity contribution in [3.8, 4) is 16.8 Å². The molecule has 7 nitrogen and oxygen atoms in total. The summed E-state index contributed by atoms with van der Waals surface area (Å²) in [6.07, 6.45) is 4.94. The summed E-state index contributed by atoms with van der Waals surface area (Å²) in [6, 6.07) is 14.6. The molecule has 0 fully saturated rings. The number of anilines is 2. The molecular formula is C20H14Cl2N6O. The summed E-state index contributed by atoms with van der Waals surface area (Å²) >= 11 is 12.5. The first kappa shape index (κ1) is 18.9. The lowest BCUT2D eigenvalue weighted by Gasteiger charge is -2.07. The van der Waals surface area contributed by atoms with E-state index in [-0.39, 0.29) is 5.69 Å². The van der Waals surface area contributed by atoms with Crippen LogP contribution in [0.2, 0.25) is 10.0 Å². The van der Waals surface area contributed by atoms with Gasteiger partial charge in [0.25, 0.3) is 5.91 Å². The molecule has 0 radical (unpaired) electrons. The van der Waals surface area contributed by atoms with Crippen LogP contribution in [-0.2, 0) is 0 Å². The highest BCUT2D eigenvalue weighted by Crippen LogP contribution is 2.30. The molecule has 3 N–H and O–H groups in total. The van der Waals surface area contributed by atoms with E-state index < -0.39 is 5.91 Å². The number of primary amides is 1. The molecule has 0 spiro atoms. The summed E-state index contributed by atoms with van der Waals surface area (Å²) in [7, 11) is 0. The number of carbonyl (C=O) groups is 1. The topological polar surface area (TPSA) is 98.7 Å². The van der Waals surface area contributed by atoms with Gasteiger partial charge in [-0.15, -0.1) is 0 Å². The molecule has 0 saturated carbocycles. The summed E-state index contributed by atoms with van der Waals surface area (Å²) in [6.45, 7) is 0. The van der Waals surface area contributed by atoms with Crippen LogP contribution in [0.3, 0.4) is 0 Å². The number of hydrogen-bond acceptors (Lipinski definition) is 5. The van der Waals surface area contributed by atoms with Crippen LogP contribution in [0, 0.1) is 0 Å². The highest BCUT2D eigenvalue weighted by Gasteiger charge is 2.18. The second-order valence-electron chi connectivity index (χ2n) is 6.10. The van der Waals surface area contributed by atoms with Crippen LogP contribution in [0.5, 0.6) is 0 Å². The molecule has 0 aliphatic carbocycles. The zero-order valence-electron chi connectivity index (χ0n) is 14.9. The van der Waals surface area contributed by atoms with Crippen molar-refractivity contribution in [2.24, 2.45) is 5.73 Å². The molecule has 144 valence electrons. The van der Waals surface area contributed by atoms with Crippen molar-refractivity contribution in [2.45, 2.75) is 0 Å². The van der Waals surface area contributed by atoms with Gasteiger partial charge < -0.3 is 11.1 Å². The molecular weight excluding hydrogens is 411 g/mol. The largest absolute Gasteiger partial charge is 0.364 e. The molecule has 9 heteroatoms. The number of hydrogen-bond donors (Lipinski definition) is 2. The third-order valence-electron chi connectivity index (χ3n) is 4.20. The van der Waals surface area contributed by atoms with Crippen molar-refractivity contribution in [2.75, 3.05) is 5.32 Å². The molecule has 0 atom stereocenters. The fourth-order valence-electron chi connectivity index (χ4n) is 2.83. The molecule has 4 rings (SSSR count). The van der Waals surface area contributed by atoms with Crippen molar-refractivity contribution in [1.29, 1.82) is 0 Å². The lowest BCUT2D eigenvalue weighted by Crippen LogP contribution is -2.14. The molecule has 1 amide bonds. The van der Waals surface area contributed by atoms with Gasteiger partial charge in [0.1, 0.15) is 5.69 Å². The number of nitrogens with zero attached hydrogens (tertiary/aromatic N) is 4. The maximum atomic E-state index is 11.9. The zero-order chi connectivity index (χ0) is 20.4. The van der Waals surface area contributed by atoms with E-state index in [1.807, 2.05) is 30.3 Å². The fourth-order valence-corrected chi connectivity index (χ4v) is 3.40.